The van der Waals surface area contributed by atoms with Gasteiger partial charge in [-0.05, 0) is 29.8 Å². The summed E-state index contributed by atoms with van der Waals surface area (Å²) in [6.45, 7) is -0.420. The van der Waals surface area contributed by atoms with Crippen LogP contribution >= 0.6 is 0 Å². The number of amides is 1. The second-order valence-electron chi connectivity index (χ2n) is 5.24. The van der Waals surface area contributed by atoms with Crippen LogP contribution in [0.5, 0.6) is 5.75 Å². The number of carbonyl (C=O) groups is 1. The molecule has 2 aromatic rings. The van der Waals surface area contributed by atoms with Crippen molar-refractivity contribution in [3.63, 3.8) is 0 Å². The molecule has 1 unspecified atom stereocenters. The zero-order valence-corrected chi connectivity index (χ0v) is 14.5. The van der Waals surface area contributed by atoms with Crippen LogP contribution in [0.3, 0.4) is 0 Å². The monoisotopic (exact) mass is 364 g/mol. The normalized spacial score (nSPS) is 12.4. The molecule has 2 rings (SSSR count). The summed E-state index contributed by atoms with van der Waals surface area (Å²) in [6, 6.07) is 13.6. The first-order valence-corrected chi connectivity index (χ1v) is 9.03. The Morgan fingerprint density at radius 2 is 1.76 bits per heavy atom. The number of nitrogens with one attached hydrogen (secondary N) is 2. The van der Waals surface area contributed by atoms with Gasteiger partial charge < -0.3 is 15.2 Å². The number of ether oxygens (including phenoxy) is 1. The van der Waals surface area contributed by atoms with Crippen molar-refractivity contribution in [1.82, 2.24) is 10.0 Å². The number of methoxy groups -OCH3 is 1. The highest BCUT2D eigenvalue weighted by Crippen LogP contribution is 2.15. The molecule has 0 saturated heterocycles. The minimum absolute atomic E-state index is 0.0254. The summed E-state index contributed by atoms with van der Waals surface area (Å²) in [6.07, 6.45) is 0. The summed E-state index contributed by atoms with van der Waals surface area (Å²) in [5.41, 5.74) is 0.866. The first-order valence-electron chi connectivity index (χ1n) is 7.55. The Hall–Kier alpha value is -2.42. The highest BCUT2D eigenvalue weighted by atomic mass is 32.2. The van der Waals surface area contributed by atoms with E-state index in [1.54, 1.807) is 0 Å². The third kappa shape index (κ3) is 5.28. The molecule has 0 aromatic heterocycles. The molecular weight excluding hydrogens is 344 g/mol. The van der Waals surface area contributed by atoms with Gasteiger partial charge in [0.05, 0.1) is 18.6 Å². The molecule has 0 spiro atoms. The summed E-state index contributed by atoms with van der Waals surface area (Å²) in [5, 5.41) is 12.0. The van der Waals surface area contributed by atoms with E-state index in [2.05, 4.69) is 10.0 Å². The van der Waals surface area contributed by atoms with E-state index in [9.17, 15) is 18.3 Å². The van der Waals surface area contributed by atoms with Gasteiger partial charge in [0.2, 0.25) is 15.9 Å². The van der Waals surface area contributed by atoms with Crippen molar-refractivity contribution in [2.75, 3.05) is 13.7 Å². The van der Waals surface area contributed by atoms with Crippen LogP contribution in [-0.4, -0.2) is 39.2 Å². The Kier molecular flexibility index (Phi) is 6.51. The fraction of sp³-hybridized carbons (Fsp3) is 0.235. The van der Waals surface area contributed by atoms with Gasteiger partial charge in [0.25, 0.3) is 0 Å². The number of sulfonamides is 1. The van der Waals surface area contributed by atoms with Gasteiger partial charge in [-0.25, -0.2) is 8.42 Å². The molecule has 0 aliphatic heterocycles. The van der Waals surface area contributed by atoms with Gasteiger partial charge in [-0.3, -0.25) is 4.79 Å². The number of hydrogen-bond acceptors (Lipinski definition) is 5. The molecule has 1 amide bonds. The van der Waals surface area contributed by atoms with Crippen molar-refractivity contribution in [2.24, 2.45) is 0 Å². The lowest BCUT2D eigenvalue weighted by Crippen LogP contribution is -2.48. The SMILES string of the molecule is COc1ccc(S(=O)(=O)NC(CO)C(=O)NCc2ccccc2)cc1. The van der Waals surface area contributed by atoms with Crippen LogP contribution in [0.2, 0.25) is 0 Å². The van der Waals surface area contributed by atoms with Crippen LogP contribution in [0.1, 0.15) is 5.56 Å². The van der Waals surface area contributed by atoms with Crippen molar-refractivity contribution >= 4 is 15.9 Å². The molecule has 8 heteroatoms. The van der Waals surface area contributed by atoms with Crippen LogP contribution < -0.4 is 14.8 Å². The van der Waals surface area contributed by atoms with Gasteiger partial charge >= 0.3 is 0 Å². The quantitative estimate of drug-likeness (QED) is 0.638. The minimum Gasteiger partial charge on any atom is -0.497 e. The molecule has 134 valence electrons. The molecule has 0 aliphatic carbocycles. The molecule has 0 aliphatic rings. The van der Waals surface area contributed by atoms with E-state index < -0.39 is 28.6 Å². The number of aliphatic hydroxyl groups excluding tert-OH is 1. The average Bonchev–Trinajstić information content (AvgIpc) is 2.65. The number of benzene rings is 2. The summed E-state index contributed by atoms with van der Waals surface area (Å²) in [5.74, 6) is -0.0956. The maximum absolute atomic E-state index is 12.3. The highest BCUT2D eigenvalue weighted by Gasteiger charge is 2.25. The predicted octanol–water partition coefficient (Wildman–Crippen LogP) is 0.651. The van der Waals surface area contributed by atoms with Gasteiger partial charge in [0.15, 0.2) is 0 Å². The van der Waals surface area contributed by atoms with E-state index in [1.807, 2.05) is 30.3 Å². The van der Waals surface area contributed by atoms with E-state index in [1.165, 1.54) is 31.4 Å². The zero-order chi connectivity index (χ0) is 18.3. The van der Waals surface area contributed by atoms with Crippen LogP contribution in [0, 0.1) is 0 Å². The summed E-state index contributed by atoms with van der Waals surface area (Å²) < 4.78 is 31.9. The second kappa shape index (κ2) is 8.61. The zero-order valence-electron chi connectivity index (χ0n) is 13.7. The molecule has 3 N–H and O–H groups in total. The van der Waals surface area contributed by atoms with Crippen LogP contribution in [0.4, 0.5) is 0 Å². The van der Waals surface area contributed by atoms with Crippen molar-refractivity contribution < 1.29 is 23.1 Å². The lowest BCUT2D eigenvalue weighted by atomic mass is 10.2. The average molecular weight is 364 g/mol. The Labute approximate surface area is 146 Å². The molecule has 0 saturated carbocycles. The van der Waals surface area contributed by atoms with Crippen molar-refractivity contribution in [3.8, 4) is 5.75 Å². The summed E-state index contributed by atoms with van der Waals surface area (Å²) >= 11 is 0. The van der Waals surface area contributed by atoms with Gasteiger partial charge in [-0.1, -0.05) is 30.3 Å². The molecular formula is C17H20N2O5S. The molecule has 7 nitrogen and oxygen atoms in total. The third-order valence-electron chi connectivity index (χ3n) is 3.48. The molecule has 0 bridgehead atoms. The van der Waals surface area contributed by atoms with Crippen molar-refractivity contribution in [2.45, 2.75) is 17.5 Å². The maximum atomic E-state index is 12.3. The fourth-order valence-corrected chi connectivity index (χ4v) is 3.28. The Balaban J connectivity index is 2.02. The number of hydrogen-bond donors (Lipinski definition) is 3. The molecule has 0 heterocycles. The van der Waals surface area contributed by atoms with Crippen LogP contribution in [0.15, 0.2) is 59.5 Å². The maximum Gasteiger partial charge on any atom is 0.241 e. The van der Waals surface area contributed by atoms with E-state index in [0.717, 1.165) is 5.56 Å². The second-order valence-corrected chi connectivity index (χ2v) is 6.95. The van der Waals surface area contributed by atoms with E-state index in [-0.39, 0.29) is 11.4 Å². The fourth-order valence-electron chi connectivity index (χ4n) is 2.09. The molecule has 1 atom stereocenters. The summed E-state index contributed by atoms with van der Waals surface area (Å²) in [4.78, 5) is 12.1. The van der Waals surface area contributed by atoms with Crippen LogP contribution in [-0.2, 0) is 21.4 Å². The number of carbonyl (C=O) groups excluding carboxylic acids is 1. The number of rotatable bonds is 8. The van der Waals surface area contributed by atoms with Gasteiger partial charge in [0.1, 0.15) is 11.8 Å². The largest absolute Gasteiger partial charge is 0.497 e. The standard InChI is InChI=1S/C17H20N2O5S/c1-24-14-7-9-15(10-8-14)25(22,23)19-16(12-20)17(21)18-11-13-5-3-2-4-6-13/h2-10,16,19-20H,11-12H2,1H3,(H,18,21). The van der Waals surface area contributed by atoms with E-state index in [4.69, 9.17) is 4.74 Å². The van der Waals surface area contributed by atoms with Crippen molar-refractivity contribution in [3.05, 3.63) is 60.2 Å². The summed E-state index contributed by atoms with van der Waals surface area (Å²) in [7, 11) is -2.48. The minimum atomic E-state index is -3.95. The number of aliphatic hydroxyl groups is 1. The molecule has 2 aromatic carbocycles. The first kappa shape index (κ1) is 18.9. The predicted molar refractivity (Wildman–Crippen MR) is 92.5 cm³/mol. The van der Waals surface area contributed by atoms with Gasteiger partial charge in [0, 0.05) is 6.54 Å². The lowest BCUT2D eigenvalue weighted by Gasteiger charge is -2.16. The Morgan fingerprint density at radius 1 is 1.12 bits per heavy atom. The highest BCUT2D eigenvalue weighted by molar-refractivity contribution is 7.89. The lowest BCUT2D eigenvalue weighted by molar-refractivity contribution is -0.123. The van der Waals surface area contributed by atoms with Gasteiger partial charge in [-0.2, -0.15) is 4.72 Å². The van der Waals surface area contributed by atoms with Gasteiger partial charge in [-0.15, -0.1) is 0 Å². The first-order chi connectivity index (χ1) is 12.0. The topological polar surface area (TPSA) is 105 Å². The molecule has 0 fully saturated rings. The molecule has 0 radical (unpaired) electrons. The van der Waals surface area contributed by atoms with Crippen molar-refractivity contribution in [1.29, 1.82) is 0 Å². The molecule has 25 heavy (non-hydrogen) atoms. The third-order valence-corrected chi connectivity index (χ3v) is 4.96. The Morgan fingerprint density at radius 3 is 2.32 bits per heavy atom. The van der Waals surface area contributed by atoms with E-state index >= 15 is 0 Å². The van der Waals surface area contributed by atoms with E-state index in [0.29, 0.717) is 5.75 Å². The Bertz CT molecular complexity index is 792. The smallest absolute Gasteiger partial charge is 0.241 e. The van der Waals surface area contributed by atoms with Crippen LogP contribution in [0.25, 0.3) is 0 Å².